The Morgan fingerprint density at radius 2 is 1.91 bits per heavy atom. The molecule has 0 radical (unpaired) electrons. The molecule has 1 aromatic carbocycles. The van der Waals surface area contributed by atoms with Crippen molar-refractivity contribution in [2.75, 3.05) is 26.2 Å². The Morgan fingerprint density at radius 1 is 1.32 bits per heavy atom. The van der Waals surface area contributed by atoms with Gasteiger partial charge in [-0.05, 0) is 55.9 Å². The van der Waals surface area contributed by atoms with Gasteiger partial charge in [0, 0.05) is 18.1 Å². The fraction of sp³-hybridized carbons (Fsp3) is 0.588. The average Bonchev–Trinajstić information content (AvgIpc) is 2.49. The first kappa shape index (κ1) is 16.9. The lowest BCUT2D eigenvalue weighted by molar-refractivity contribution is 0.172. The molecule has 1 aliphatic heterocycles. The quantitative estimate of drug-likeness (QED) is 0.856. The Morgan fingerprint density at radius 3 is 2.50 bits per heavy atom. The third-order valence-corrected chi connectivity index (χ3v) is 4.72. The summed E-state index contributed by atoms with van der Waals surface area (Å²) in [6.45, 7) is 8.82. The topological polar surface area (TPSA) is 41.6 Å². The number of carbonyl (C=O) groups excluding carboxylic acids is 1. The fourth-order valence-corrected chi connectivity index (χ4v) is 2.75. The molecule has 2 rings (SSSR count). The lowest BCUT2D eigenvalue weighted by Crippen LogP contribution is -2.45. The summed E-state index contributed by atoms with van der Waals surface area (Å²) in [5, 5.41) is 3.69. The van der Waals surface area contributed by atoms with Crippen molar-refractivity contribution in [3.8, 4) is 5.75 Å². The van der Waals surface area contributed by atoms with E-state index in [1.165, 1.54) is 0 Å². The number of amides is 2. The molecule has 1 aliphatic rings. The summed E-state index contributed by atoms with van der Waals surface area (Å²) in [6.07, 6.45) is 2.18. The molecule has 0 saturated carbocycles. The van der Waals surface area contributed by atoms with Crippen molar-refractivity contribution >= 4 is 17.6 Å². The van der Waals surface area contributed by atoms with E-state index in [9.17, 15) is 4.79 Å². The number of urea groups is 1. The number of hydrogen-bond donors (Lipinski definition) is 1. The summed E-state index contributed by atoms with van der Waals surface area (Å²) in [4.78, 5) is 13.9. The van der Waals surface area contributed by atoms with Gasteiger partial charge in [0.2, 0.25) is 0 Å². The molecule has 0 bridgehead atoms. The van der Waals surface area contributed by atoms with Crippen LogP contribution in [-0.4, -0.2) is 37.2 Å². The molecule has 0 atom stereocenters. The van der Waals surface area contributed by atoms with Gasteiger partial charge in [0.15, 0.2) is 0 Å². The van der Waals surface area contributed by atoms with Gasteiger partial charge in [-0.15, -0.1) is 0 Å². The predicted octanol–water partition coefficient (Wildman–Crippen LogP) is 3.78. The summed E-state index contributed by atoms with van der Waals surface area (Å²) >= 11 is 6.13. The van der Waals surface area contributed by atoms with Gasteiger partial charge < -0.3 is 15.0 Å². The van der Waals surface area contributed by atoms with Crippen LogP contribution in [-0.2, 0) is 0 Å². The highest BCUT2D eigenvalue weighted by Crippen LogP contribution is 2.25. The first-order valence-corrected chi connectivity index (χ1v) is 8.27. The molecule has 0 spiro atoms. The molecule has 122 valence electrons. The smallest absolute Gasteiger partial charge is 0.317 e. The second-order valence-corrected chi connectivity index (χ2v) is 6.50. The minimum absolute atomic E-state index is 0.0129. The van der Waals surface area contributed by atoms with E-state index in [4.69, 9.17) is 16.3 Å². The molecule has 0 aliphatic carbocycles. The van der Waals surface area contributed by atoms with Crippen molar-refractivity contribution in [1.29, 1.82) is 0 Å². The highest BCUT2D eigenvalue weighted by molar-refractivity contribution is 6.32. The summed E-state index contributed by atoms with van der Waals surface area (Å²) in [6, 6.07) is 3.85. The first-order chi connectivity index (χ1) is 10.5. The van der Waals surface area contributed by atoms with Crippen LogP contribution in [0.2, 0.25) is 5.02 Å². The zero-order chi connectivity index (χ0) is 16.1. The van der Waals surface area contributed by atoms with Crippen molar-refractivity contribution in [1.82, 2.24) is 10.2 Å². The largest absolute Gasteiger partial charge is 0.492 e. The molecule has 2 amide bonds. The molecule has 1 N–H and O–H groups in total. The van der Waals surface area contributed by atoms with Crippen LogP contribution < -0.4 is 10.1 Å². The third kappa shape index (κ3) is 4.54. The number of rotatable bonds is 4. The van der Waals surface area contributed by atoms with Gasteiger partial charge in [-0.3, -0.25) is 0 Å². The molecule has 0 unspecified atom stereocenters. The lowest BCUT2D eigenvalue weighted by atomic mass is 10.00. The normalized spacial score (nSPS) is 15.7. The Labute approximate surface area is 137 Å². The first-order valence-electron chi connectivity index (χ1n) is 7.89. The van der Waals surface area contributed by atoms with Crippen LogP contribution in [0.5, 0.6) is 5.75 Å². The Balaban J connectivity index is 1.72. The van der Waals surface area contributed by atoms with E-state index < -0.39 is 0 Å². The Hall–Kier alpha value is -1.42. The van der Waals surface area contributed by atoms with Crippen LogP contribution in [0.4, 0.5) is 4.79 Å². The van der Waals surface area contributed by atoms with E-state index in [-0.39, 0.29) is 6.03 Å². The Bertz CT molecular complexity index is 502. The minimum atomic E-state index is 0.0129. The third-order valence-electron chi connectivity index (χ3n) is 4.13. The van der Waals surface area contributed by atoms with E-state index in [1.54, 1.807) is 0 Å². The van der Waals surface area contributed by atoms with E-state index in [0.717, 1.165) is 53.7 Å². The second kappa shape index (κ2) is 7.73. The van der Waals surface area contributed by atoms with Gasteiger partial charge in [0.05, 0.1) is 6.54 Å². The van der Waals surface area contributed by atoms with Crippen LogP contribution >= 0.6 is 11.6 Å². The van der Waals surface area contributed by atoms with Crippen LogP contribution in [0.15, 0.2) is 12.1 Å². The number of hydrogen-bond acceptors (Lipinski definition) is 2. The van der Waals surface area contributed by atoms with Crippen molar-refractivity contribution in [3.63, 3.8) is 0 Å². The molecule has 5 heteroatoms. The number of likely N-dealkylation sites (tertiary alicyclic amines) is 1. The van der Waals surface area contributed by atoms with E-state index >= 15 is 0 Å². The lowest BCUT2D eigenvalue weighted by Gasteiger charge is -2.30. The molecule has 22 heavy (non-hydrogen) atoms. The van der Waals surface area contributed by atoms with Crippen LogP contribution in [0.3, 0.4) is 0 Å². The van der Waals surface area contributed by atoms with Gasteiger partial charge in [-0.2, -0.15) is 0 Å². The number of piperidine rings is 1. The number of aryl methyl sites for hydroxylation is 2. The summed E-state index contributed by atoms with van der Waals surface area (Å²) in [5.74, 6) is 1.52. The highest BCUT2D eigenvalue weighted by atomic mass is 35.5. The molecule has 0 aromatic heterocycles. The standard InChI is InChI=1S/C17H25ClN2O2/c1-12-4-7-20(8-5-12)17(21)19-6-9-22-15-10-13(2)16(18)14(3)11-15/h10-12H,4-9H2,1-3H3,(H,19,21). The summed E-state index contributed by atoms with van der Waals surface area (Å²) < 4.78 is 5.69. The summed E-state index contributed by atoms with van der Waals surface area (Å²) in [5.41, 5.74) is 2.01. The second-order valence-electron chi connectivity index (χ2n) is 6.12. The van der Waals surface area contributed by atoms with Crippen LogP contribution in [0.25, 0.3) is 0 Å². The SMILES string of the molecule is Cc1cc(OCCNC(=O)N2CCC(C)CC2)cc(C)c1Cl. The molecule has 4 nitrogen and oxygen atoms in total. The van der Waals surface area contributed by atoms with Gasteiger partial charge in [0.1, 0.15) is 12.4 Å². The van der Waals surface area contributed by atoms with Crippen LogP contribution in [0.1, 0.15) is 30.9 Å². The Kier molecular flexibility index (Phi) is 5.95. The van der Waals surface area contributed by atoms with Crippen molar-refractivity contribution in [3.05, 3.63) is 28.3 Å². The average molecular weight is 325 g/mol. The number of carbonyl (C=O) groups is 1. The summed E-state index contributed by atoms with van der Waals surface area (Å²) in [7, 11) is 0. The molecule has 1 heterocycles. The van der Waals surface area contributed by atoms with Gasteiger partial charge in [0.25, 0.3) is 0 Å². The molecule has 1 saturated heterocycles. The van der Waals surface area contributed by atoms with Gasteiger partial charge in [-0.25, -0.2) is 4.79 Å². The highest BCUT2D eigenvalue weighted by Gasteiger charge is 2.19. The molecule has 1 fully saturated rings. The van der Waals surface area contributed by atoms with Crippen molar-refractivity contribution < 1.29 is 9.53 Å². The maximum Gasteiger partial charge on any atom is 0.317 e. The van der Waals surface area contributed by atoms with E-state index in [2.05, 4.69) is 12.2 Å². The zero-order valence-electron chi connectivity index (χ0n) is 13.6. The number of halogens is 1. The molecular weight excluding hydrogens is 300 g/mol. The number of ether oxygens (including phenoxy) is 1. The predicted molar refractivity (Wildman–Crippen MR) is 89.8 cm³/mol. The van der Waals surface area contributed by atoms with Crippen molar-refractivity contribution in [2.24, 2.45) is 5.92 Å². The monoisotopic (exact) mass is 324 g/mol. The molecule has 1 aromatic rings. The van der Waals surface area contributed by atoms with Crippen molar-refractivity contribution in [2.45, 2.75) is 33.6 Å². The molecular formula is C17H25ClN2O2. The van der Waals surface area contributed by atoms with Gasteiger partial charge in [-0.1, -0.05) is 18.5 Å². The van der Waals surface area contributed by atoms with E-state index in [1.807, 2.05) is 30.9 Å². The van der Waals surface area contributed by atoms with E-state index in [0.29, 0.717) is 13.2 Å². The number of nitrogens with zero attached hydrogens (tertiary/aromatic N) is 1. The number of benzene rings is 1. The van der Waals surface area contributed by atoms with Gasteiger partial charge >= 0.3 is 6.03 Å². The maximum atomic E-state index is 12.0. The zero-order valence-corrected chi connectivity index (χ0v) is 14.4. The fourth-order valence-electron chi connectivity index (χ4n) is 2.64. The number of nitrogens with one attached hydrogen (secondary N) is 1. The maximum absolute atomic E-state index is 12.0. The minimum Gasteiger partial charge on any atom is -0.492 e. The van der Waals surface area contributed by atoms with Crippen LogP contribution in [0, 0.1) is 19.8 Å².